The van der Waals surface area contributed by atoms with Crippen molar-refractivity contribution in [1.82, 2.24) is 16.2 Å². The molecule has 0 atom stereocenters. The van der Waals surface area contributed by atoms with E-state index in [0.717, 1.165) is 11.1 Å². The van der Waals surface area contributed by atoms with Gasteiger partial charge in [0.2, 0.25) is 0 Å². The molecule has 22 heavy (non-hydrogen) atoms. The van der Waals surface area contributed by atoms with E-state index < -0.39 is 0 Å². The molecule has 0 aliphatic heterocycles. The van der Waals surface area contributed by atoms with Crippen molar-refractivity contribution in [3.8, 4) is 0 Å². The van der Waals surface area contributed by atoms with Crippen LogP contribution in [-0.2, 0) is 0 Å². The van der Waals surface area contributed by atoms with E-state index in [-0.39, 0.29) is 16.9 Å². The van der Waals surface area contributed by atoms with Crippen LogP contribution in [0.25, 0.3) is 0 Å². The van der Waals surface area contributed by atoms with Gasteiger partial charge < -0.3 is 0 Å². The summed E-state index contributed by atoms with van der Waals surface area (Å²) in [5.41, 5.74) is 7.43. The summed E-state index contributed by atoms with van der Waals surface area (Å²) in [5, 5.41) is 4.36. The van der Waals surface area contributed by atoms with Crippen LogP contribution in [0.4, 0.5) is 0 Å². The van der Waals surface area contributed by atoms with Gasteiger partial charge in [0, 0.05) is 5.56 Å². The van der Waals surface area contributed by atoms with Gasteiger partial charge in [-0.25, -0.2) is 0 Å². The zero-order chi connectivity index (χ0) is 16.1. The van der Waals surface area contributed by atoms with Gasteiger partial charge in [0.15, 0.2) is 5.11 Å². The number of amides is 2. The summed E-state index contributed by atoms with van der Waals surface area (Å²) < 4.78 is 0. The molecule has 0 fully saturated rings. The third-order valence-electron chi connectivity index (χ3n) is 2.89. The van der Waals surface area contributed by atoms with Crippen LogP contribution in [0.1, 0.15) is 31.2 Å². The first-order valence-electron chi connectivity index (χ1n) is 6.50. The molecular formula is C15H15N3O2S2. The summed E-state index contributed by atoms with van der Waals surface area (Å²) in [7, 11) is 0. The molecule has 0 unspecified atom stereocenters. The maximum Gasteiger partial charge on any atom is 0.279 e. The van der Waals surface area contributed by atoms with Crippen molar-refractivity contribution in [2.24, 2.45) is 0 Å². The minimum atomic E-state index is -0.319. The highest BCUT2D eigenvalue weighted by Gasteiger charge is 2.11. The van der Waals surface area contributed by atoms with E-state index in [4.69, 9.17) is 12.2 Å². The Balaban J connectivity index is 1.89. The summed E-state index contributed by atoms with van der Waals surface area (Å²) in [6.07, 6.45) is 0. The Hall–Kier alpha value is -2.25. The third kappa shape index (κ3) is 4.12. The molecule has 5 nitrogen and oxygen atoms in total. The van der Waals surface area contributed by atoms with E-state index in [0.29, 0.717) is 10.4 Å². The van der Waals surface area contributed by atoms with Gasteiger partial charge in [0.25, 0.3) is 11.8 Å². The average molecular weight is 333 g/mol. The molecule has 0 saturated heterocycles. The van der Waals surface area contributed by atoms with Crippen LogP contribution in [0.2, 0.25) is 0 Å². The number of hydrogen-bond acceptors (Lipinski definition) is 4. The molecule has 0 aliphatic carbocycles. The van der Waals surface area contributed by atoms with Crippen molar-refractivity contribution < 1.29 is 9.59 Å². The molecular weight excluding hydrogens is 318 g/mol. The predicted molar refractivity (Wildman–Crippen MR) is 90.9 cm³/mol. The summed E-state index contributed by atoms with van der Waals surface area (Å²) in [5.74, 6) is -0.626. The highest BCUT2D eigenvalue weighted by atomic mass is 32.1. The fourth-order valence-electron chi connectivity index (χ4n) is 1.85. The lowest BCUT2D eigenvalue weighted by molar-refractivity contribution is 0.0937. The second-order valence-corrected chi connectivity index (χ2v) is 6.01. The van der Waals surface area contributed by atoms with E-state index in [1.165, 1.54) is 11.3 Å². The molecule has 2 rings (SSSR count). The van der Waals surface area contributed by atoms with E-state index in [2.05, 4.69) is 16.2 Å². The number of hydrogen-bond donors (Lipinski definition) is 3. The Bertz CT molecular complexity index is 712. The zero-order valence-corrected chi connectivity index (χ0v) is 13.7. The second-order valence-electron chi connectivity index (χ2n) is 4.66. The molecule has 114 valence electrons. The number of benzene rings is 1. The van der Waals surface area contributed by atoms with Crippen LogP contribution >= 0.6 is 23.6 Å². The normalized spacial score (nSPS) is 9.91. The molecule has 2 aromatic rings. The predicted octanol–water partition coefficient (Wildman–Crippen LogP) is 2.31. The van der Waals surface area contributed by atoms with Gasteiger partial charge >= 0.3 is 0 Å². The summed E-state index contributed by atoms with van der Waals surface area (Å²) >= 11 is 6.31. The minimum absolute atomic E-state index is 0.0369. The van der Waals surface area contributed by atoms with E-state index in [1.54, 1.807) is 23.6 Å². The maximum atomic E-state index is 12.1. The molecule has 1 aromatic carbocycles. The van der Waals surface area contributed by atoms with Crippen LogP contribution < -0.4 is 16.2 Å². The number of thiophene rings is 1. The number of aryl methyl sites for hydroxylation is 2. The van der Waals surface area contributed by atoms with E-state index in [1.807, 2.05) is 26.0 Å². The van der Waals surface area contributed by atoms with Crippen LogP contribution in [0, 0.1) is 13.8 Å². The van der Waals surface area contributed by atoms with E-state index >= 15 is 0 Å². The van der Waals surface area contributed by atoms with Gasteiger partial charge in [0.05, 0.1) is 4.88 Å². The summed E-state index contributed by atoms with van der Waals surface area (Å²) in [6.45, 7) is 3.82. The van der Waals surface area contributed by atoms with Gasteiger partial charge in [-0.05, 0) is 49.1 Å². The van der Waals surface area contributed by atoms with Crippen LogP contribution in [0.3, 0.4) is 0 Å². The average Bonchev–Trinajstić information content (AvgIpc) is 2.98. The lowest BCUT2D eigenvalue weighted by Gasteiger charge is -2.11. The SMILES string of the molecule is Cc1ccc(C(=O)NC(=S)NNC(=O)c2cccs2)c(C)c1. The molecule has 7 heteroatoms. The van der Waals surface area contributed by atoms with Crippen LogP contribution in [0.5, 0.6) is 0 Å². The highest BCUT2D eigenvalue weighted by molar-refractivity contribution is 7.80. The molecule has 1 heterocycles. The quantitative estimate of drug-likeness (QED) is 0.583. The fraction of sp³-hybridized carbons (Fsp3) is 0.133. The zero-order valence-electron chi connectivity index (χ0n) is 12.1. The maximum absolute atomic E-state index is 12.1. The number of rotatable bonds is 2. The Morgan fingerprint density at radius 3 is 2.50 bits per heavy atom. The highest BCUT2D eigenvalue weighted by Crippen LogP contribution is 2.10. The van der Waals surface area contributed by atoms with Crippen molar-refractivity contribution in [3.05, 3.63) is 57.3 Å². The Kier molecular flexibility index (Phi) is 5.24. The molecule has 0 saturated carbocycles. The van der Waals surface area contributed by atoms with Crippen molar-refractivity contribution >= 4 is 40.5 Å². The molecule has 3 N–H and O–H groups in total. The van der Waals surface area contributed by atoms with Gasteiger partial charge in [-0.15, -0.1) is 11.3 Å². The second kappa shape index (κ2) is 7.15. The number of carbonyl (C=O) groups is 2. The van der Waals surface area contributed by atoms with Gasteiger partial charge in [-0.1, -0.05) is 23.8 Å². The van der Waals surface area contributed by atoms with Crippen molar-refractivity contribution in [2.75, 3.05) is 0 Å². The van der Waals surface area contributed by atoms with Crippen LogP contribution in [0.15, 0.2) is 35.7 Å². The number of hydrazine groups is 1. The topological polar surface area (TPSA) is 70.2 Å². The minimum Gasteiger partial charge on any atom is -0.298 e. The number of carbonyl (C=O) groups excluding carboxylic acids is 2. The number of nitrogens with one attached hydrogen (secondary N) is 3. The molecule has 0 radical (unpaired) electrons. The van der Waals surface area contributed by atoms with Crippen molar-refractivity contribution in [1.29, 1.82) is 0 Å². The molecule has 0 aliphatic rings. The van der Waals surface area contributed by atoms with Crippen LogP contribution in [-0.4, -0.2) is 16.9 Å². The first-order chi connectivity index (χ1) is 10.5. The Morgan fingerprint density at radius 1 is 1.09 bits per heavy atom. The molecule has 2 amide bonds. The van der Waals surface area contributed by atoms with Crippen molar-refractivity contribution in [2.45, 2.75) is 13.8 Å². The summed E-state index contributed by atoms with van der Waals surface area (Å²) in [4.78, 5) is 24.4. The van der Waals surface area contributed by atoms with Gasteiger partial charge in [-0.2, -0.15) is 0 Å². The molecule has 0 spiro atoms. The summed E-state index contributed by atoms with van der Waals surface area (Å²) in [6, 6.07) is 8.99. The smallest absolute Gasteiger partial charge is 0.279 e. The number of thiocarbonyl (C=S) groups is 1. The lowest BCUT2D eigenvalue weighted by Crippen LogP contribution is -2.48. The first-order valence-corrected chi connectivity index (χ1v) is 7.78. The van der Waals surface area contributed by atoms with E-state index in [9.17, 15) is 9.59 Å². The van der Waals surface area contributed by atoms with Gasteiger partial charge in [-0.3, -0.25) is 25.8 Å². The standard InChI is InChI=1S/C15H15N3O2S2/c1-9-5-6-11(10(2)8-9)13(19)16-15(21)18-17-14(20)12-4-3-7-22-12/h3-8H,1-2H3,(H,17,20)(H2,16,18,19,21). The molecule has 1 aromatic heterocycles. The lowest BCUT2D eigenvalue weighted by atomic mass is 10.1. The monoisotopic (exact) mass is 333 g/mol. The first kappa shape index (κ1) is 16.1. The molecule has 0 bridgehead atoms. The Morgan fingerprint density at radius 2 is 1.86 bits per heavy atom. The largest absolute Gasteiger partial charge is 0.298 e. The third-order valence-corrected chi connectivity index (χ3v) is 3.96. The van der Waals surface area contributed by atoms with Crippen molar-refractivity contribution in [3.63, 3.8) is 0 Å². The fourth-order valence-corrected chi connectivity index (χ4v) is 2.62. The Labute approximate surface area is 137 Å². The van der Waals surface area contributed by atoms with Gasteiger partial charge in [0.1, 0.15) is 0 Å².